The summed E-state index contributed by atoms with van der Waals surface area (Å²) in [6.07, 6.45) is -7.84. The summed E-state index contributed by atoms with van der Waals surface area (Å²) >= 11 is 0. The summed E-state index contributed by atoms with van der Waals surface area (Å²) in [5.41, 5.74) is 4.33. The molecule has 0 unspecified atom stereocenters. The largest absolute Gasteiger partial charge is 0.459 e. The summed E-state index contributed by atoms with van der Waals surface area (Å²) in [6, 6.07) is 12.2. The number of carbonyl (C=O) groups is 5. The van der Waals surface area contributed by atoms with Crippen molar-refractivity contribution >= 4 is 52.9 Å². The Morgan fingerprint density at radius 3 is 2.11 bits per heavy atom. The number of likely N-dealkylation sites (tertiary alicyclic amines) is 1. The molecule has 0 bridgehead atoms. The highest BCUT2D eigenvalue weighted by atomic mass is 35.5. The fourth-order valence-corrected chi connectivity index (χ4v) is 7.01. The molecule has 4 aromatic rings. The fraction of sp³-hybridized carbons (Fsp3) is 0.405. The van der Waals surface area contributed by atoms with Crippen molar-refractivity contribution in [2.24, 2.45) is 11.7 Å². The van der Waals surface area contributed by atoms with Crippen LogP contribution in [-0.2, 0) is 60.5 Å². The molecule has 19 heteroatoms. The molecule has 12 nitrogen and oxygen atoms in total. The van der Waals surface area contributed by atoms with Crippen molar-refractivity contribution in [2.75, 3.05) is 13.1 Å². The number of para-hydroxylation sites is 1. The molecule has 1 aliphatic rings. The number of fused-ring (bicyclic) bond motifs is 1. The van der Waals surface area contributed by atoms with E-state index in [4.69, 9.17) is 10.5 Å². The number of aromatic amines is 1. The third kappa shape index (κ3) is 13.2. The number of benzene rings is 3. The average molecular weight is 881 g/mol. The topological polar surface area (TPSA) is 176 Å². The SMILES string of the molecule is CC(C)C[C@H](NC(=O)[C@@H]1CCCN1C(=O)CNC(=O)[C@@H](N)Cc1ccccc1)C(=O)N[C@@H](Cc1c[nH]c2ccccc12)C(=O)OCc1cc(C(F)(F)F)cc(C(F)(F)F)c1.Cl. The van der Waals surface area contributed by atoms with Crippen molar-refractivity contribution < 1.29 is 55.1 Å². The first-order valence-electron chi connectivity index (χ1n) is 19.3. The van der Waals surface area contributed by atoms with E-state index in [0.717, 1.165) is 5.56 Å². The van der Waals surface area contributed by atoms with Crippen LogP contribution in [0.4, 0.5) is 26.3 Å². The number of nitrogens with one attached hydrogen (secondary N) is 4. The van der Waals surface area contributed by atoms with Gasteiger partial charge in [0.15, 0.2) is 0 Å². The van der Waals surface area contributed by atoms with Crippen LogP contribution in [0.25, 0.3) is 10.9 Å². The molecule has 2 heterocycles. The second-order valence-corrected chi connectivity index (χ2v) is 15.1. The van der Waals surface area contributed by atoms with Gasteiger partial charge in [0.25, 0.3) is 0 Å². The van der Waals surface area contributed by atoms with Gasteiger partial charge in [0, 0.05) is 30.1 Å². The second kappa shape index (κ2) is 20.8. The minimum Gasteiger partial charge on any atom is -0.459 e. The molecule has 0 aliphatic carbocycles. The lowest BCUT2D eigenvalue weighted by Gasteiger charge is -2.28. The van der Waals surface area contributed by atoms with Crippen LogP contribution in [0.2, 0.25) is 0 Å². The third-order valence-electron chi connectivity index (χ3n) is 9.99. The second-order valence-electron chi connectivity index (χ2n) is 15.1. The van der Waals surface area contributed by atoms with Crippen molar-refractivity contribution in [1.82, 2.24) is 25.8 Å². The lowest BCUT2D eigenvalue weighted by Crippen LogP contribution is -2.56. The molecule has 4 amide bonds. The summed E-state index contributed by atoms with van der Waals surface area (Å²) < 4.78 is 86.4. The first-order chi connectivity index (χ1) is 28.3. The number of hydrogen-bond donors (Lipinski definition) is 5. The van der Waals surface area contributed by atoms with Crippen LogP contribution in [-0.4, -0.2) is 76.7 Å². The van der Waals surface area contributed by atoms with Crippen LogP contribution < -0.4 is 21.7 Å². The Morgan fingerprint density at radius 2 is 1.48 bits per heavy atom. The number of ether oxygens (including phenoxy) is 1. The molecule has 3 aromatic carbocycles. The lowest BCUT2D eigenvalue weighted by molar-refractivity contribution is -0.149. The summed E-state index contributed by atoms with van der Waals surface area (Å²) in [5, 5.41) is 8.47. The van der Waals surface area contributed by atoms with E-state index < -0.39 is 96.0 Å². The van der Waals surface area contributed by atoms with Crippen LogP contribution in [0.1, 0.15) is 60.9 Å². The van der Waals surface area contributed by atoms with E-state index >= 15 is 0 Å². The third-order valence-corrected chi connectivity index (χ3v) is 9.99. The van der Waals surface area contributed by atoms with E-state index in [1.807, 2.05) is 30.3 Å². The van der Waals surface area contributed by atoms with Gasteiger partial charge < -0.3 is 36.3 Å². The van der Waals surface area contributed by atoms with Crippen LogP contribution in [0.5, 0.6) is 0 Å². The maximum absolute atomic E-state index is 14.0. The van der Waals surface area contributed by atoms with Gasteiger partial charge in [-0.15, -0.1) is 12.4 Å². The summed E-state index contributed by atoms with van der Waals surface area (Å²) in [5.74, 6) is -3.92. The van der Waals surface area contributed by atoms with E-state index in [1.165, 1.54) is 4.90 Å². The standard InChI is InChI=1S/C42H46F6N6O6.ClH/c1-24(2)15-33(52-39(58)35-13-8-14-54(35)36(55)22-51-37(56)31(49)18-25-9-4-3-5-10-25)38(57)53-34(19-27-21-50-32-12-7-6-11-30(27)32)40(59)60-23-26-16-28(41(43,44)45)20-29(17-26)42(46,47)48;/h3-7,9-12,16-17,20-21,24,31,33-35,50H,8,13-15,18-19,22-23,49H2,1-2H3,(H,51,56)(H,52,58)(H,53,57);1H/t31-,33-,34-,35-;/m0./s1. The summed E-state index contributed by atoms with van der Waals surface area (Å²) in [6.45, 7) is 2.37. The smallest absolute Gasteiger partial charge is 0.416 e. The zero-order chi connectivity index (χ0) is 43.8. The van der Waals surface area contributed by atoms with Crippen LogP contribution in [0, 0.1) is 5.92 Å². The van der Waals surface area contributed by atoms with Gasteiger partial charge in [-0.25, -0.2) is 4.79 Å². The van der Waals surface area contributed by atoms with E-state index in [9.17, 15) is 50.3 Å². The first kappa shape index (κ1) is 48.1. The number of rotatable bonds is 16. The van der Waals surface area contributed by atoms with Gasteiger partial charge in [0.2, 0.25) is 23.6 Å². The molecule has 0 radical (unpaired) electrons. The van der Waals surface area contributed by atoms with Gasteiger partial charge in [-0.3, -0.25) is 19.2 Å². The molecule has 6 N–H and O–H groups in total. The zero-order valence-electron chi connectivity index (χ0n) is 33.2. The average Bonchev–Trinajstić information content (AvgIpc) is 3.86. The summed E-state index contributed by atoms with van der Waals surface area (Å²) in [7, 11) is 0. The van der Waals surface area contributed by atoms with Gasteiger partial charge in [-0.05, 0) is 72.6 Å². The molecule has 1 aromatic heterocycles. The molecule has 61 heavy (non-hydrogen) atoms. The number of nitrogens with two attached hydrogens (primary N) is 1. The Bertz CT molecular complexity index is 2130. The molecule has 1 aliphatic heterocycles. The van der Waals surface area contributed by atoms with Crippen molar-refractivity contribution in [3.8, 4) is 0 Å². The Labute approximate surface area is 353 Å². The molecule has 1 fully saturated rings. The number of alkyl halides is 6. The maximum atomic E-state index is 14.0. The molecule has 5 rings (SSSR count). The highest BCUT2D eigenvalue weighted by molar-refractivity contribution is 5.95. The van der Waals surface area contributed by atoms with Crippen molar-refractivity contribution in [3.63, 3.8) is 0 Å². The van der Waals surface area contributed by atoms with Crippen LogP contribution >= 0.6 is 12.4 Å². The number of H-pyrrole nitrogens is 1. The minimum atomic E-state index is -5.13. The van der Waals surface area contributed by atoms with Crippen molar-refractivity contribution in [1.29, 1.82) is 0 Å². The van der Waals surface area contributed by atoms with Gasteiger partial charge in [0.1, 0.15) is 24.7 Å². The first-order valence-corrected chi connectivity index (χ1v) is 19.3. The maximum Gasteiger partial charge on any atom is 0.416 e. The molecule has 0 spiro atoms. The number of carbonyl (C=O) groups excluding carboxylic acids is 5. The molecule has 4 atom stereocenters. The summed E-state index contributed by atoms with van der Waals surface area (Å²) in [4.78, 5) is 71.6. The van der Waals surface area contributed by atoms with E-state index in [1.54, 1.807) is 44.3 Å². The Hall–Kier alpha value is -5.62. The predicted molar refractivity (Wildman–Crippen MR) is 215 cm³/mol. The highest BCUT2D eigenvalue weighted by Crippen LogP contribution is 2.36. The minimum absolute atomic E-state index is 0. The van der Waals surface area contributed by atoms with Gasteiger partial charge in [-0.1, -0.05) is 62.4 Å². The van der Waals surface area contributed by atoms with Gasteiger partial charge in [0.05, 0.1) is 23.7 Å². The molecular formula is C42H47ClF6N6O6. The van der Waals surface area contributed by atoms with Crippen LogP contribution in [0.3, 0.4) is 0 Å². The Morgan fingerprint density at radius 1 is 0.836 bits per heavy atom. The highest BCUT2D eigenvalue weighted by Gasteiger charge is 2.39. The van der Waals surface area contributed by atoms with Crippen molar-refractivity contribution in [2.45, 2.75) is 89.1 Å². The number of esters is 1. The molecule has 330 valence electrons. The van der Waals surface area contributed by atoms with Gasteiger partial charge >= 0.3 is 18.3 Å². The lowest BCUT2D eigenvalue weighted by atomic mass is 10.0. The van der Waals surface area contributed by atoms with Crippen LogP contribution in [0.15, 0.2) is 79.0 Å². The Kier molecular flexibility index (Phi) is 16.4. The quantitative estimate of drug-likeness (QED) is 0.0719. The van der Waals surface area contributed by atoms with Gasteiger partial charge in [-0.2, -0.15) is 26.3 Å². The van der Waals surface area contributed by atoms with Crippen molar-refractivity contribution in [3.05, 3.63) is 107 Å². The number of aromatic nitrogens is 1. The van der Waals surface area contributed by atoms with E-state index in [-0.39, 0.29) is 56.6 Å². The van der Waals surface area contributed by atoms with E-state index in [0.29, 0.717) is 35.0 Å². The monoisotopic (exact) mass is 880 g/mol. The number of hydrogen-bond acceptors (Lipinski definition) is 7. The number of amides is 4. The molecular weight excluding hydrogens is 834 g/mol. The normalized spacial score (nSPS) is 15.7. The fourth-order valence-electron chi connectivity index (χ4n) is 7.01. The zero-order valence-corrected chi connectivity index (χ0v) is 34.0. The number of halogens is 7. The number of nitrogens with zero attached hydrogens (tertiary/aromatic N) is 1. The predicted octanol–water partition coefficient (Wildman–Crippen LogP) is 5.61. The molecule has 1 saturated heterocycles. The van der Waals surface area contributed by atoms with E-state index in [2.05, 4.69) is 20.9 Å². The molecule has 0 saturated carbocycles. The Balaban J connectivity index is 0.00000819.